The molecule has 0 saturated carbocycles. The van der Waals surface area contributed by atoms with Crippen LogP contribution in [0.4, 0.5) is 0 Å². The summed E-state index contributed by atoms with van der Waals surface area (Å²) >= 11 is 0. The van der Waals surface area contributed by atoms with Crippen LogP contribution in [0.25, 0.3) is 10.9 Å². The Kier molecular flexibility index (Phi) is 2.95. The number of H-pyrrole nitrogens is 1. The Bertz CT molecular complexity index is 502. The molecule has 0 fully saturated rings. The third-order valence-corrected chi connectivity index (χ3v) is 2.88. The first-order chi connectivity index (χ1) is 7.76. The van der Waals surface area contributed by atoms with Crippen molar-refractivity contribution in [1.82, 2.24) is 4.98 Å². The van der Waals surface area contributed by atoms with Crippen LogP contribution in [0.3, 0.4) is 0 Å². The molecule has 0 amide bonds. The maximum atomic E-state index is 10.3. The molecule has 16 heavy (non-hydrogen) atoms. The third-order valence-electron chi connectivity index (χ3n) is 2.88. The number of rotatable bonds is 4. The molecule has 0 aliphatic carbocycles. The molecule has 0 radical (unpaired) electrons. The molecule has 2 aromatic rings. The van der Waals surface area contributed by atoms with Crippen LogP contribution >= 0.6 is 0 Å². The van der Waals surface area contributed by atoms with E-state index in [1.165, 1.54) is 5.56 Å². The SMILES string of the molecule is CCc1ccc2[nH]cc(C(C)OC=O)c2c1. The summed E-state index contributed by atoms with van der Waals surface area (Å²) in [5, 5.41) is 1.13. The summed E-state index contributed by atoms with van der Waals surface area (Å²) in [5.74, 6) is 0. The Morgan fingerprint density at radius 2 is 2.31 bits per heavy atom. The molecule has 0 aliphatic rings. The lowest BCUT2D eigenvalue weighted by Gasteiger charge is -2.08. The first kappa shape index (κ1) is 10.7. The first-order valence-corrected chi connectivity index (χ1v) is 5.45. The molecule has 1 unspecified atom stereocenters. The minimum Gasteiger partial charge on any atom is -0.460 e. The van der Waals surface area contributed by atoms with Gasteiger partial charge in [0.2, 0.25) is 0 Å². The summed E-state index contributed by atoms with van der Waals surface area (Å²) in [7, 11) is 0. The van der Waals surface area contributed by atoms with Gasteiger partial charge in [0.05, 0.1) is 0 Å². The fraction of sp³-hybridized carbons (Fsp3) is 0.308. The Balaban J connectivity index is 2.49. The van der Waals surface area contributed by atoms with Crippen molar-refractivity contribution in [3.05, 3.63) is 35.5 Å². The standard InChI is InChI=1S/C13H15NO2/c1-3-10-4-5-13-11(6-10)12(7-14-13)9(2)16-8-15/h4-9,14H,3H2,1-2H3. The zero-order chi connectivity index (χ0) is 11.5. The van der Waals surface area contributed by atoms with Gasteiger partial charge in [0.25, 0.3) is 6.47 Å². The molecule has 3 nitrogen and oxygen atoms in total. The minimum atomic E-state index is -0.210. The molecule has 1 N–H and O–H groups in total. The van der Waals surface area contributed by atoms with Crippen molar-refractivity contribution >= 4 is 17.4 Å². The number of aryl methyl sites for hydroxylation is 1. The number of ether oxygens (including phenoxy) is 1. The Morgan fingerprint density at radius 1 is 1.50 bits per heavy atom. The lowest BCUT2D eigenvalue weighted by Crippen LogP contribution is -1.96. The van der Waals surface area contributed by atoms with Crippen LogP contribution < -0.4 is 0 Å². The van der Waals surface area contributed by atoms with Gasteiger partial charge in [0.1, 0.15) is 6.10 Å². The summed E-state index contributed by atoms with van der Waals surface area (Å²) in [6, 6.07) is 6.31. The van der Waals surface area contributed by atoms with E-state index in [2.05, 4.69) is 30.1 Å². The number of hydrogen-bond acceptors (Lipinski definition) is 2. The average Bonchev–Trinajstić information content (AvgIpc) is 2.71. The third kappa shape index (κ3) is 1.81. The van der Waals surface area contributed by atoms with E-state index < -0.39 is 0 Å². The van der Waals surface area contributed by atoms with Gasteiger partial charge in [-0.15, -0.1) is 0 Å². The summed E-state index contributed by atoms with van der Waals surface area (Å²) in [6.07, 6.45) is 2.69. The van der Waals surface area contributed by atoms with Crippen LogP contribution in [0.5, 0.6) is 0 Å². The van der Waals surface area contributed by atoms with E-state index >= 15 is 0 Å². The second kappa shape index (κ2) is 4.39. The van der Waals surface area contributed by atoms with Gasteiger partial charge >= 0.3 is 0 Å². The van der Waals surface area contributed by atoms with Crippen molar-refractivity contribution in [1.29, 1.82) is 0 Å². The van der Waals surface area contributed by atoms with Gasteiger partial charge in [0.15, 0.2) is 0 Å². The topological polar surface area (TPSA) is 42.1 Å². The van der Waals surface area contributed by atoms with Crippen molar-refractivity contribution in [2.75, 3.05) is 0 Å². The van der Waals surface area contributed by atoms with Crippen LogP contribution in [-0.4, -0.2) is 11.5 Å². The van der Waals surface area contributed by atoms with Crippen molar-refractivity contribution < 1.29 is 9.53 Å². The van der Waals surface area contributed by atoms with Gasteiger partial charge in [0, 0.05) is 22.7 Å². The largest absolute Gasteiger partial charge is 0.460 e. The second-order valence-electron chi connectivity index (χ2n) is 3.85. The van der Waals surface area contributed by atoms with E-state index in [-0.39, 0.29) is 6.10 Å². The molecule has 0 bridgehead atoms. The molecule has 1 aromatic carbocycles. The van der Waals surface area contributed by atoms with Gasteiger partial charge in [-0.1, -0.05) is 13.0 Å². The lowest BCUT2D eigenvalue weighted by atomic mass is 10.1. The minimum absolute atomic E-state index is 0.210. The Labute approximate surface area is 94.4 Å². The van der Waals surface area contributed by atoms with Gasteiger partial charge in [-0.2, -0.15) is 0 Å². The second-order valence-corrected chi connectivity index (χ2v) is 3.85. The summed E-state index contributed by atoms with van der Waals surface area (Å²) < 4.78 is 4.97. The molecule has 1 aromatic heterocycles. The normalized spacial score (nSPS) is 12.6. The van der Waals surface area contributed by atoms with Gasteiger partial charge < -0.3 is 9.72 Å². The van der Waals surface area contributed by atoms with E-state index in [0.29, 0.717) is 6.47 Å². The van der Waals surface area contributed by atoms with Gasteiger partial charge in [-0.05, 0) is 31.0 Å². The number of carbonyl (C=O) groups is 1. The zero-order valence-corrected chi connectivity index (χ0v) is 9.49. The van der Waals surface area contributed by atoms with Crippen molar-refractivity contribution in [2.45, 2.75) is 26.4 Å². The van der Waals surface area contributed by atoms with Crippen LogP contribution in [0.15, 0.2) is 24.4 Å². The van der Waals surface area contributed by atoms with Crippen LogP contribution in [0.2, 0.25) is 0 Å². The van der Waals surface area contributed by atoms with Crippen molar-refractivity contribution in [3.8, 4) is 0 Å². The number of hydrogen-bond donors (Lipinski definition) is 1. The van der Waals surface area contributed by atoms with E-state index in [4.69, 9.17) is 4.74 Å². The molecule has 0 saturated heterocycles. The molecular weight excluding hydrogens is 202 g/mol. The lowest BCUT2D eigenvalue weighted by molar-refractivity contribution is -0.133. The van der Waals surface area contributed by atoms with E-state index in [0.717, 1.165) is 22.9 Å². The fourth-order valence-electron chi connectivity index (χ4n) is 1.90. The summed E-state index contributed by atoms with van der Waals surface area (Å²) in [5.41, 5.74) is 3.39. The highest BCUT2D eigenvalue weighted by molar-refractivity contribution is 5.84. The molecule has 84 valence electrons. The molecule has 0 aliphatic heterocycles. The van der Waals surface area contributed by atoms with Crippen LogP contribution in [0.1, 0.15) is 31.1 Å². The molecule has 3 heteroatoms. The number of aromatic nitrogens is 1. The monoisotopic (exact) mass is 217 g/mol. The maximum absolute atomic E-state index is 10.3. The molecule has 1 atom stereocenters. The number of carbonyl (C=O) groups excluding carboxylic acids is 1. The quantitative estimate of drug-likeness (QED) is 0.800. The highest BCUT2D eigenvalue weighted by atomic mass is 16.5. The highest BCUT2D eigenvalue weighted by Gasteiger charge is 2.11. The predicted molar refractivity (Wildman–Crippen MR) is 63.2 cm³/mol. The van der Waals surface area contributed by atoms with Gasteiger partial charge in [-0.25, -0.2) is 0 Å². The average molecular weight is 217 g/mol. The summed E-state index contributed by atoms with van der Waals surface area (Å²) in [4.78, 5) is 13.5. The maximum Gasteiger partial charge on any atom is 0.293 e. The van der Waals surface area contributed by atoms with Crippen LogP contribution in [0, 0.1) is 0 Å². The molecule has 2 rings (SSSR count). The van der Waals surface area contributed by atoms with E-state index in [1.807, 2.05) is 13.1 Å². The van der Waals surface area contributed by atoms with Gasteiger partial charge in [-0.3, -0.25) is 4.79 Å². The van der Waals surface area contributed by atoms with Crippen molar-refractivity contribution in [2.24, 2.45) is 0 Å². The molecular formula is C13H15NO2. The van der Waals surface area contributed by atoms with Crippen molar-refractivity contribution in [3.63, 3.8) is 0 Å². The molecule has 0 spiro atoms. The Hall–Kier alpha value is -1.77. The Morgan fingerprint density at radius 3 is 3.00 bits per heavy atom. The van der Waals surface area contributed by atoms with Crippen LogP contribution in [-0.2, 0) is 16.0 Å². The number of aromatic amines is 1. The number of fused-ring (bicyclic) bond motifs is 1. The predicted octanol–water partition coefficient (Wildman–Crippen LogP) is 2.96. The molecule has 1 heterocycles. The van der Waals surface area contributed by atoms with E-state index in [9.17, 15) is 4.79 Å². The summed E-state index contributed by atoms with van der Waals surface area (Å²) in [6.45, 7) is 4.49. The smallest absolute Gasteiger partial charge is 0.293 e. The highest BCUT2D eigenvalue weighted by Crippen LogP contribution is 2.26. The fourth-order valence-corrected chi connectivity index (χ4v) is 1.90. The number of benzene rings is 1. The van der Waals surface area contributed by atoms with E-state index in [1.54, 1.807) is 0 Å². The number of nitrogens with one attached hydrogen (secondary N) is 1. The zero-order valence-electron chi connectivity index (χ0n) is 9.49. The first-order valence-electron chi connectivity index (χ1n) is 5.45.